The number of rotatable bonds is 5. The molecule has 0 aliphatic heterocycles. The summed E-state index contributed by atoms with van der Waals surface area (Å²) in [5, 5.41) is 11.4. The third-order valence-corrected chi connectivity index (χ3v) is 3.14. The molecule has 26 heavy (non-hydrogen) atoms. The first-order valence-electron chi connectivity index (χ1n) is 9.42. The summed E-state index contributed by atoms with van der Waals surface area (Å²) in [7, 11) is 0. The van der Waals surface area contributed by atoms with Crippen LogP contribution in [0.3, 0.4) is 0 Å². The first-order chi connectivity index (χ1) is 12.5. The molecule has 0 bridgehead atoms. The highest BCUT2D eigenvalue weighted by molar-refractivity contribution is 5.42. The zero-order valence-electron chi connectivity index (χ0n) is 17.5. The lowest BCUT2D eigenvalue weighted by atomic mass is 10.0. The van der Waals surface area contributed by atoms with E-state index in [0.29, 0.717) is 19.0 Å². The van der Waals surface area contributed by atoms with Crippen LogP contribution in [0.25, 0.3) is 0 Å². The van der Waals surface area contributed by atoms with E-state index in [1.54, 1.807) is 6.20 Å². The Morgan fingerprint density at radius 1 is 1.04 bits per heavy atom. The quantitative estimate of drug-likeness (QED) is 0.321. The smallest absolute Gasteiger partial charge is 0.128 e. The number of nitrogens with one attached hydrogen (secondary N) is 2. The second-order valence-corrected chi connectivity index (χ2v) is 5.33. The van der Waals surface area contributed by atoms with E-state index in [9.17, 15) is 0 Å². The summed E-state index contributed by atoms with van der Waals surface area (Å²) in [4.78, 5) is 4.13. The molecule has 1 heterocycles. The molecule has 0 atom stereocenters. The zero-order chi connectivity index (χ0) is 20.4. The van der Waals surface area contributed by atoms with Gasteiger partial charge < -0.3 is 16.3 Å². The van der Waals surface area contributed by atoms with Gasteiger partial charge in [-0.15, -0.1) is 0 Å². The Bertz CT molecular complexity index is 548. The predicted molar refractivity (Wildman–Crippen MR) is 117 cm³/mol. The number of anilines is 2. The number of nitrogens with zero attached hydrogens (tertiary/aromatic N) is 1. The van der Waals surface area contributed by atoms with Crippen LogP contribution in [-0.4, -0.2) is 23.3 Å². The van der Waals surface area contributed by atoms with Gasteiger partial charge in [0.15, 0.2) is 0 Å². The monoisotopic (exact) mass is 364 g/mol. The average molecular weight is 365 g/mol. The van der Waals surface area contributed by atoms with Gasteiger partial charge in [-0.1, -0.05) is 59.7 Å². The normalized spacial score (nSPS) is 8.96. The molecule has 2 aromatic rings. The first kappa shape index (κ1) is 26.1. The van der Waals surface area contributed by atoms with Gasteiger partial charge in [-0.05, 0) is 42.2 Å². The SMILES string of the molecule is CC.CC.CC(C)c1ccc(N)cc1.Cc1cccnc1NCCNO.[HH]. The van der Waals surface area contributed by atoms with Crippen molar-refractivity contribution < 1.29 is 6.63 Å². The van der Waals surface area contributed by atoms with Crippen LogP contribution in [0.1, 0.15) is 60.0 Å². The zero-order valence-corrected chi connectivity index (χ0v) is 17.5. The number of aromatic nitrogens is 1. The van der Waals surface area contributed by atoms with E-state index in [-0.39, 0.29) is 1.43 Å². The van der Waals surface area contributed by atoms with Gasteiger partial charge in [0.25, 0.3) is 0 Å². The summed E-state index contributed by atoms with van der Waals surface area (Å²) < 4.78 is 0. The molecule has 0 amide bonds. The molecule has 150 valence electrons. The van der Waals surface area contributed by atoms with E-state index < -0.39 is 0 Å². The summed E-state index contributed by atoms with van der Waals surface area (Å²) in [6, 6.07) is 11.9. The van der Waals surface area contributed by atoms with Crippen LogP contribution in [0.4, 0.5) is 11.5 Å². The van der Waals surface area contributed by atoms with Crippen molar-refractivity contribution in [2.75, 3.05) is 24.1 Å². The Kier molecular flexibility index (Phi) is 17.8. The number of benzene rings is 1. The predicted octanol–water partition coefficient (Wildman–Crippen LogP) is 5.47. The molecule has 5 heteroatoms. The van der Waals surface area contributed by atoms with Gasteiger partial charge in [0.05, 0.1) is 0 Å². The van der Waals surface area contributed by atoms with Crippen LogP contribution in [0.15, 0.2) is 42.6 Å². The van der Waals surface area contributed by atoms with Crippen LogP contribution in [-0.2, 0) is 0 Å². The highest BCUT2D eigenvalue weighted by atomic mass is 16.5. The Morgan fingerprint density at radius 3 is 2.08 bits per heavy atom. The van der Waals surface area contributed by atoms with Gasteiger partial charge in [0.1, 0.15) is 5.82 Å². The molecule has 0 aliphatic carbocycles. The minimum atomic E-state index is 0. The summed E-state index contributed by atoms with van der Waals surface area (Å²) in [5.41, 5.74) is 10.9. The number of nitrogens with two attached hydrogens (primary N) is 1. The molecule has 0 saturated carbocycles. The van der Waals surface area contributed by atoms with E-state index in [1.807, 2.05) is 58.9 Å². The molecule has 0 unspecified atom stereocenters. The van der Waals surface area contributed by atoms with Crippen molar-refractivity contribution in [3.63, 3.8) is 0 Å². The lowest BCUT2D eigenvalue weighted by Crippen LogP contribution is -2.19. The number of pyridine rings is 1. The summed E-state index contributed by atoms with van der Waals surface area (Å²) in [5.74, 6) is 1.47. The van der Waals surface area contributed by atoms with Crippen molar-refractivity contribution in [1.82, 2.24) is 10.5 Å². The third kappa shape index (κ3) is 12.3. The van der Waals surface area contributed by atoms with E-state index in [0.717, 1.165) is 17.1 Å². The minimum Gasteiger partial charge on any atom is -0.399 e. The number of hydroxylamine groups is 1. The highest BCUT2D eigenvalue weighted by Crippen LogP contribution is 2.14. The molecule has 2 rings (SSSR count). The van der Waals surface area contributed by atoms with Crippen LogP contribution >= 0.6 is 0 Å². The average Bonchev–Trinajstić information content (AvgIpc) is 2.68. The molecule has 0 fully saturated rings. The van der Waals surface area contributed by atoms with Crippen molar-refractivity contribution in [1.29, 1.82) is 0 Å². The lowest BCUT2D eigenvalue weighted by Gasteiger charge is -2.06. The van der Waals surface area contributed by atoms with Crippen molar-refractivity contribution >= 4 is 11.5 Å². The maximum absolute atomic E-state index is 8.30. The maximum atomic E-state index is 8.30. The Hall–Kier alpha value is -2.11. The van der Waals surface area contributed by atoms with E-state index in [4.69, 9.17) is 10.9 Å². The Balaban J connectivity index is -0.000000352. The van der Waals surface area contributed by atoms with E-state index >= 15 is 0 Å². The number of aryl methyl sites for hydroxylation is 1. The van der Waals surface area contributed by atoms with Gasteiger partial charge in [-0.3, -0.25) is 0 Å². The van der Waals surface area contributed by atoms with Crippen LogP contribution < -0.4 is 16.5 Å². The van der Waals surface area contributed by atoms with E-state index in [2.05, 4.69) is 41.8 Å². The fourth-order valence-electron chi connectivity index (χ4n) is 1.79. The fourth-order valence-corrected chi connectivity index (χ4v) is 1.79. The second-order valence-electron chi connectivity index (χ2n) is 5.33. The van der Waals surface area contributed by atoms with Crippen molar-refractivity contribution in [3.05, 3.63) is 53.7 Å². The minimum absolute atomic E-state index is 0. The fraction of sp³-hybridized carbons (Fsp3) is 0.476. The topological polar surface area (TPSA) is 83.2 Å². The van der Waals surface area contributed by atoms with Crippen LogP contribution in [0.5, 0.6) is 0 Å². The molecule has 0 spiro atoms. The summed E-state index contributed by atoms with van der Waals surface area (Å²) >= 11 is 0. The second kappa shape index (κ2) is 17.7. The molecule has 0 aliphatic rings. The molecular formula is C21H40N4O. The number of hydrogen-bond acceptors (Lipinski definition) is 5. The maximum Gasteiger partial charge on any atom is 0.128 e. The van der Waals surface area contributed by atoms with Gasteiger partial charge in [-0.25, -0.2) is 10.5 Å². The summed E-state index contributed by atoms with van der Waals surface area (Å²) in [6.45, 7) is 15.5. The van der Waals surface area contributed by atoms with Crippen LogP contribution in [0, 0.1) is 6.92 Å². The van der Waals surface area contributed by atoms with Gasteiger partial charge >= 0.3 is 0 Å². The highest BCUT2D eigenvalue weighted by Gasteiger charge is 1.96. The molecule has 1 aromatic heterocycles. The van der Waals surface area contributed by atoms with Gasteiger partial charge in [-0.2, -0.15) is 0 Å². The molecular weight excluding hydrogens is 324 g/mol. The van der Waals surface area contributed by atoms with Crippen molar-refractivity contribution in [3.8, 4) is 0 Å². The number of hydrogen-bond donors (Lipinski definition) is 4. The van der Waals surface area contributed by atoms with Gasteiger partial charge in [0.2, 0.25) is 0 Å². The molecule has 0 radical (unpaired) electrons. The van der Waals surface area contributed by atoms with Gasteiger partial charge in [0, 0.05) is 26.4 Å². The largest absolute Gasteiger partial charge is 0.399 e. The van der Waals surface area contributed by atoms with Crippen LogP contribution in [0.2, 0.25) is 0 Å². The summed E-state index contributed by atoms with van der Waals surface area (Å²) in [6.07, 6.45) is 1.74. The Morgan fingerprint density at radius 2 is 1.62 bits per heavy atom. The molecule has 5 nitrogen and oxygen atoms in total. The standard InChI is InChI=1S/C9H13N.C8H13N3O.2C2H6.H2/c1-7(2)8-3-5-9(10)6-4-8;1-7-3-2-4-9-8(7)10-5-6-11-12;2*1-2;/h3-7H,10H2,1-2H3;2-4,11-12H,5-6H2,1H3,(H,9,10);2*1-2H3;1H. The molecule has 5 N–H and O–H groups in total. The third-order valence-electron chi connectivity index (χ3n) is 3.14. The first-order valence-corrected chi connectivity index (χ1v) is 9.42. The Labute approximate surface area is 161 Å². The number of nitrogen functional groups attached to an aromatic ring is 1. The van der Waals surface area contributed by atoms with Crippen molar-refractivity contribution in [2.24, 2.45) is 0 Å². The molecule has 0 saturated heterocycles. The van der Waals surface area contributed by atoms with E-state index in [1.165, 1.54) is 5.56 Å². The molecule has 1 aromatic carbocycles. The van der Waals surface area contributed by atoms with Crippen molar-refractivity contribution in [2.45, 2.75) is 54.4 Å². The lowest BCUT2D eigenvalue weighted by molar-refractivity contribution is 0.171.